The van der Waals surface area contributed by atoms with Gasteiger partial charge in [0.15, 0.2) is 0 Å². The van der Waals surface area contributed by atoms with E-state index in [9.17, 15) is 13.2 Å². The second kappa shape index (κ2) is 7.10. The minimum Gasteiger partial charge on any atom is -0.398 e. The summed E-state index contributed by atoms with van der Waals surface area (Å²) in [4.78, 5) is 12.8. The van der Waals surface area contributed by atoms with E-state index in [1.165, 1.54) is 11.0 Å². The summed E-state index contributed by atoms with van der Waals surface area (Å²) >= 11 is 3.22. The molecule has 1 aromatic rings. The van der Waals surface area contributed by atoms with Crippen LogP contribution in [0.15, 0.2) is 21.5 Å². The molecule has 1 rings (SSSR count). The molecule has 0 unspecified atom stereocenters. The molecule has 9 heteroatoms. The summed E-state index contributed by atoms with van der Waals surface area (Å²) in [5.41, 5.74) is 6.64. The number of halogens is 1. The number of urea groups is 1. The molecular formula is C12H19BrN4O3S. The van der Waals surface area contributed by atoms with Crippen molar-refractivity contribution >= 4 is 37.7 Å². The van der Waals surface area contributed by atoms with Gasteiger partial charge >= 0.3 is 6.03 Å². The largest absolute Gasteiger partial charge is 0.398 e. The van der Waals surface area contributed by atoms with Crippen LogP contribution < -0.4 is 15.8 Å². The van der Waals surface area contributed by atoms with E-state index in [1.807, 2.05) is 0 Å². The van der Waals surface area contributed by atoms with Gasteiger partial charge in [-0.2, -0.15) is 0 Å². The van der Waals surface area contributed by atoms with Crippen molar-refractivity contribution in [1.29, 1.82) is 0 Å². The molecule has 7 nitrogen and oxygen atoms in total. The Labute approximate surface area is 133 Å². The molecule has 0 fully saturated rings. The van der Waals surface area contributed by atoms with Gasteiger partial charge in [-0.3, -0.25) is 0 Å². The van der Waals surface area contributed by atoms with E-state index in [1.54, 1.807) is 27.1 Å². The highest BCUT2D eigenvalue weighted by molar-refractivity contribution is 9.10. The number of hydrogen-bond acceptors (Lipinski definition) is 4. The molecule has 21 heavy (non-hydrogen) atoms. The number of nitrogen functional groups attached to an aromatic ring is 1. The maximum absolute atomic E-state index is 12.2. The van der Waals surface area contributed by atoms with Crippen LogP contribution in [0.3, 0.4) is 0 Å². The van der Waals surface area contributed by atoms with Crippen molar-refractivity contribution in [3.05, 3.63) is 22.2 Å². The lowest BCUT2D eigenvalue weighted by atomic mass is 10.2. The predicted molar refractivity (Wildman–Crippen MR) is 85.6 cm³/mol. The van der Waals surface area contributed by atoms with Crippen molar-refractivity contribution in [2.75, 3.05) is 32.9 Å². The number of nitrogens with zero attached hydrogens (tertiary/aromatic N) is 1. The van der Waals surface area contributed by atoms with E-state index in [0.717, 1.165) is 0 Å². The summed E-state index contributed by atoms with van der Waals surface area (Å²) in [5.74, 6) is 0. The lowest BCUT2D eigenvalue weighted by Crippen LogP contribution is -2.39. The minimum atomic E-state index is -3.68. The molecule has 0 radical (unpaired) electrons. The van der Waals surface area contributed by atoms with Gasteiger partial charge in [0.1, 0.15) is 0 Å². The van der Waals surface area contributed by atoms with E-state index in [2.05, 4.69) is 26.0 Å². The van der Waals surface area contributed by atoms with Gasteiger partial charge in [-0.1, -0.05) is 15.9 Å². The van der Waals surface area contributed by atoms with Crippen LogP contribution in [0.2, 0.25) is 0 Å². The normalized spacial score (nSPS) is 11.2. The number of nitrogens with one attached hydrogen (secondary N) is 2. The molecule has 0 saturated heterocycles. The van der Waals surface area contributed by atoms with Crippen LogP contribution in [0.4, 0.5) is 10.5 Å². The number of hydrogen-bond donors (Lipinski definition) is 3. The topological polar surface area (TPSA) is 105 Å². The Morgan fingerprint density at radius 1 is 1.33 bits per heavy atom. The number of anilines is 1. The second-order valence-electron chi connectivity index (χ2n) is 4.64. The third-order valence-electron chi connectivity index (χ3n) is 2.75. The number of benzene rings is 1. The summed E-state index contributed by atoms with van der Waals surface area (Å²) in [7, 11) is -0.470. The van der Waals surface area contributed by atoms with Crippen molar-refractivity contribution < 1.29 is 13.2 Å². The molecule has 118 valence electrons. The average Bonchev–Trinajstić information content (AvgIpc) is 2.38. The molecule has 0 aliphatic carbocycles. The van der Waals surface area contributed by atoms with Gasteiger partial charge in [-0.15, -0.1) is 0 Å². The highest BCUT2D eigenvalue weighted by atomic mass is 79.9. The number of carbonyl (C=O) groups excluding carboxylic acids is 1. The van der Waals surface area contributed by atoms with Crippen molar-refractivity contribution in [2.24, 2.45) is 0 Å². The molecule has 4 N–H and O–H groups in total. The van der Waals surface area contributed by atoms with Gasteiger partial charge in [0.2, 0.25) is 10.0 Å². The van der Waals surface area contributed by atoms with Crippen LogP contribution in [0, 0.1) is 6.92 Å². The number of carbonyl (C=O) groups is 1. The third-order valence-corrected chi connectivity index (χ3v) is 4.80. The molecule has 0 aromatic heterocycles. The Hall–Kier alpha value is -1.32. The third kappa shape index (κ3) is 4.87. The summed E-state index contributed by atoms with van der Waals surface area (Å²) in [6.45, 7) is 1.93. The second-order valence-corrected chi connectivity index (χ2v) is 7.29. The minimum absolute atomic E-state index is 0.0910. The Morgan fingerprint density at radius 2 is 1.95 bits per heavy atom. The Balaban J connectivity index is 2.73. The zero-order valence-electron chi connectivity index (χ0n) is 12.1. The molecule has 0 aliphatic rings. The van der Waals surface area contributed by atoms with Gasteiger partial charge in [0.25, 0.3) is 0 Å². The molecule has 0 saturated carbocycles. The summed E-state index contributed by atoms with van der Waals surface area (Å²) in [6, 6.07) is 2.86. The smallest absolute Gasteiger partial charge is 0.316 e. The first-order chi connectivity index (χ1) is 9.65. The van der Waals surface area contributed by atoms with E-state index >= 15 is 0 Å². The lowest BCUT2D eigenvalue weighted by Gasteiger charge is -2.14. The first kappa shape index (κ1) is 17.7. The quantitative estimate of drug-likeness (QED) is 0.522. The van der Waals surface area contributed by atoms with E-state index in [0.29, 0.717) is 15.7 Å². The first-order valence-electron chi connectivity index (χ1n) is 6.15. The molecule has 1 aromatic carbocycles. The van der Waals surface area contributed by atoms with Crippen LogP contribution >= 0.6 is 15.9 Å². The SMILES string of the molecule is Cc1c(N)cc(Br)cc1S(=O)(=O)NCCNC(=O)N(C)C. The molecular weight excluding hydrogens is 360 g/mol. The van der Waals surface area contributed by atoms with Crippen LogP contribution in [0.25, 0.3) is 0 Å². The van der Waals surface area contributed by atoms with Crippen molar-refractivity contribution in [2.45, 2.75) is 11.8 Å². The summed E-state index contributed by atoms with van der Waals surface area (Å²) in [6.07, 6.45) is 0. The number of sulfonamides is 1. The summed E-state index contributed by atoms with van der Waals surface area (Å²) in [5, 5.41) is 2.57. The lowest BCUT2D eigenvalue weighted by molar-refractivity contribution is 0.217. The maximum Gasteiger partial charge on any atom is 0.316 e. The van der Waals surface area contributed by atoms with Crippen molar-refractivity contribution in [1.82, 2.24) is 14.9 Å². The Morgan fingerprint density at radius 3 is 2.52 bits per heavy atom. The maximum atomic E-state index is 12.2. The van der Waals surface area contributed by atoms with Crippen LogP contribution in [0.5, 0.6) is 0 Å². The molecule has 2 amide bonds. The zero-order chi connectivity index (χ0) is 16.2. The highest BCUT2D eigenvalue weighted by Crippen LogP contribution is 2.25. The van der Waals surface area contributed by atoms with Gasteiger partial charge in [-0.05, 0) is 24.6 Å². The zero-order valence-corrected chi connectivity index (χ0v) is 14.5. The highest BCUT2D eigenvalue weighted by Gasteiger charge is 2.18. The van der Waals surface area contributed by atoms with E-state index in [-0.39, 0.29) is 24.0 Å². The predicted octanol–water partition coefficient (Wildman–Crippen LogP) is 0.889. The van der Waals surface area contributed by atoms with Crippen LogP contribution in [-0.4, -0.2) is 46.5 Å². The first-order valence-corrected chi connectivity index (χ1v) is 8.43. The van der Waals surface area contributed by atoms with E-state index < -0.39 is 10.0 Å². The standard InChI is InChI=1S/C12H19BrN4O3S/c1-8-10(14)6-9(13)7-11(8)21(19,20)16-5-4-15-12(18)17(2)3/h6-7,16H,4-5,14H2,1-3H3,(H,15,18). The molecule has 0 bridgehead atoms. The van der Waals surface area contributed by atoms with Crippen molar-refractivity contribution in [3.63, 3.8) is 0 Å². The fourth-order valence-corrected chi connectivity index (χ4v) is 3.50. The fraction of sp³-hybridized carbons (Fsp3) is 0.417. The molecule has 0 spiro atoms. The Kier molecular flexibility index (Phi) is 5.99. The van der Waals surface area contributed by atoms with Gasteiger partial charge in [0, 0.05) is 37.3 Å². The van der Waals surface area contributed by atoms with Gasteiger partial charge in [-0.25, -0.2) is 17.9 Å². The van der Waals surface area contributed by atoms with Crippen LogP contribution in [-0.2, 0) is 10.0 Å². The average molecular weight is 379 g/mol. The fourth-order valence-electron chi connectivity index (χ4n) is 1.54. The van der Waals surface area contributed by atoms with Gasteiger partial charge < -0.3 is 16.0 Å². The van der Waals surface area contributed by atoms with E-state index in [4.69, 9.17) is 5.73 Å². The van der Waals surface area contributed by atoms with Crippen molar-refractivity contribution in [3.8, 4) is 0 Å². The number of nitrogens with two attached hydrogens (primary N) is 1. The van der Waals surface area contributed by atoms with Gasteiger partial charge in [0.05, 0.1) is 4.90 Å². The summed E-state index contributed by atoms with van der Waals surface area (Å²) < 4.78 is 27.5. The monoisotopic (exact) mass is 378 g/mol. The molecule has 0 aliphatic heterocycles. The number of rotatable bonds is 5. The molecule has 0 heterocycles. The Bertz CT molecular complexity index is 632. The number of amides is 2. The van der Waals surface area contributed by atoms with Crippen LogP contribution in [0.1, 0.15) is 5.56 Å². The molecule has 0 atom stereocenters.